The Morgan fingerprint density at radius 1 is 1.06 bits per heavy atom. The van der Waals surface area contributed by atoms with Crippen LogP contribution in [0.15, 0.2) is 36.4 Å². The van der Waals surface area contributed by atoms with Gasteiger partial charge in [0.25, 0.3) is 0 Å². The van der Waals surface area contributed by atoms with E-state index in [0.717, 1.165) is 11.1 Å². The van der Waals surface area contributed by atoms with Crippen molar-refractivity contribution in [3.8, 4) is 16.9 Å². The van der Waals surface area contributed by atoms with Crippen molar-refractivity contribution in [1.29, 1.82) is 0 Å². The number of benzene rings is 2. The van der Waals surface area contributed by atoms with Crippen LogP contribution in [0, 0.1) is 5.82 Å². The lowest BCUT2D eigenvalue weighted by Crippen LogP contribution is -1.84. The van der Waals surface area contributed by atoms with Crippen LogP contribution in [0.5, 0.6) is 5.75 Å². The molecular formula is C15H12ClFO. The second kappa shape index (κ2) is 4.29. The van der Waals surface area contributed by atoms with Crippen LogP contribution in [0.3, 0.4) is 0 Å². The summed E-state index contributed by atoms with van der Waals surface area (Å²) >= 11 is 5.73. The smallest absolute Gasteiger partial charge is 0.183 e. The summed E-state index contributed by atoms with van der Waals surface area (Å²) in [5.74, 6) is -0.469. The predicted octanol–water partition coefficient (Wildman–Crippen LogP) is 4.73. The molecule has 1 aliphatic carbocycles. The average Bonchev–Trinajstić information content (AvgIpc) is 3.20. The first-order valence-electron chi connectivity index (χ1n) is 5.93. The van der Waals surface area contributed by atoms with Gasteiger partial charge in [-0.15, -0.1) is 0 Å². The number of phenolic OH excluding ortho intramolecular Hbond substituents is 1. The van der Waals surface area contributed by atoms with E-state index in [1.807, 2.05) is 12.1 Å². The van der Waals surface area contributed by atoms with Crippen LogP contribution in [-0.4, -0.2) is 5.11 Å². The Balaban J connectivity index is 1.98. The van der Waals surface area contributed by atoms with Gasteiger partial charge in [0.15, 0.2) is 11.6 Å². The van der Waals surface area contributed by atoms with Crippen molar-refractivity contribution in [3.05, 3.63) is 52.8 Å². The molecule has 0 heterocycles. The topological polar surface area (TPSA) is 20.2 Å². The normalized spacial score (nSPS) is 14.8. The molecule has 0 aliphatic heterocycles. The lowest BCUT2D eigenvalue weighted by Gasteiger charge is -2.06. The van der Waals surface area contributed by atoms with E-state index < -0.39 is 11.6 Å². The summed E-state index contributed by atoms with van der Waals surface area (Å²) in [5, 5.41) is 9.38. The minimum absolute atomic E-state index is 0.0590. The minimum atomic E-state index is -0.769. The average molecular weight is 263 g/mol. The van der Waals surface area contributed by atoms with Crippen molar-refractivity contribution in [2.24, 2.45) is 0 Å². The Labute approximate surface area is 110 Å². The number of aromatic hydroxyl groups is 1. The van der Waals surface area contributed by atoms with Gasteiger partial charge in [0.05, 0.1) is 5.02 Å². The van der Waals surface area contributed by atoms with E-state index in [1.54, 1.807) is 0 Å². The largest absolute Gasteiger partial charge is 0.505 e. The van der Waals surface area contributed by atoms with E-state index in [9.17, 15) is 9.50 Å². The third kappa shape index (κ3) is 2.08. The number of hydrogen-bond acceptors (Lipinski definition) is 1. The van der Waals surface area contributed by atoms with Crippen LogP contribution >= 0.6 is 11.6 Å². The van der Waals surface area contributed by atoms with Crippen molar-refractivity contribution in [2.45, 2.75) is 18.8 Å². The standard InChI is InChI=1S/C15H12ClFO/c16-13-7-12(8-14(18)15(13)17)11-5-3-10(4-6-11)9-1-2-9/h3-9,18H,1-2H2. The van der Waals surface area contributed by atoms with Gasteiger partial charge in [-0.25, -0.2) is 4.39 Å². The Hall–Kier alpha value is -1.54. The van der Waals surface area contributed by atoms with Gasteiger partial charge in [-0.1, -0.05) is 35.9 Å². The van der Waals surface area contributed by atoms with Gasteiger partial charge in [-0.3, -0.25) is 0 Å². The van der Waals surface area contributed by atoms with Crippen molar-refractivity contribution < 1.29 is 9.50 Å². The molecule has 0 amide bonds. The summed E-state index contributed by atoms with van der Waals surface area (Å²) in [5.41, 5.74) is 2.99. The monoisotopic (exact) mass is 262 g/mol. The molecule has 3 heteroatoms. The van der Waals surface area contributed by atoms with Crippen LogP contribution in [0.25, 0.3) is 11.1 Å². The Morgan fingerprint density at radius 3 is 2.28 bits per heavy atom. The number of halogens is 2. The molecule has 0 spiro atoms. The summed E-state index contributed by atoms with van der Waals surface area (Å²) < 4.78 is 13.2. The first-order chi connectivity index (χ1) is 8.65. The zero-order valence-electron chi connectivity index (χ0n) is 9.66. The van der Waals surface area contributed by atoms with Gasteiger partial charge in [-0.2, -0.15) is 0 Å². The minimum Gasteiger partial charge on any atom is -0.505 e. The number of hydrogen-bond donors (Lipinski definition) is 1. The van der Waals surface area contributed by atoms with E-state index in [0.29, 0.717) is 5.92 Å². The maximum absolute atomic E-state index is 13.2. The SMILES string of the molecule is Oc1cc(-c2ccc(C3CC3)cc2)cc(Cl)c1F. The van der Waals surface area contributed by atoms with E-state index in [-0.39, 0.29) is 5.02 Å². The van der Waals surface area contributed by atoms with E-state index >= 15 is 0 Å². The van der Waals surface area contributed by atoms with Gasteiger partial charge in [0, 0.05) is 0 Å². The van der Waals surface area contributed by atoms with Crippen LogP contribution < -0.4 is 0 Å². The van der Waals surface area contributed by atoms with Gasteiger partial charge in [-0.05, 0) is 47.6 Å². The van der Waals surface area contributed by atoms with Gasteiger partial charge in [0.2, 0.25) is 0 Å². The summed E-state index contributed by atoms with van der Waals surface area (Å²) in [6, 6.07) is 11.1. The van der Waals surface area contributed by atoms with Gasteiger partial charge >= 0.3 is 0 Å². The fourth-order valence-corrected chi connectivity index (χ4v) is 2.32. The Morgan fingerprint density at radius 2 is 1.72 bits per heavy atom. The Kier molecular flexibility index (Phi) is 2.75. The number of rotatable bonds is 2. The molecule has 0 unspecified atom stereocenters. The second-order valence-electron chi connectivity index (χ2n) is 4.69. The van der Waals surface area contributed by atoms with E-state index in [2.05, 4.69) is 12.1 Å². The lowest BCUT2D eigenvalue weighted by molar-refractivity contribution is 0.433. The van der Waals surface area contributed by atoms with Gasteiger partial charge < -0.3 is 5.11 Å². The molecule has 0 saturated heterocycles. The molecule has 1 saturated carbocycles. The highest BCUT2D eigenvalue weighted by Gasteiger charge is 2.23. The van der Waals surface area contributed by atoms with E-state index in [4.69, 9.17) is 11.6 Å². The fraction of sp³-hybridized carbons (Fsp3) is 0.200. The summed E-state index contributed by atoms with van der Waals surface area (Å²) in [6.07, 6.45) is 2.53. The molecule has 1 nitrogen and oxygen atoms in total. The zero-order valence-corrected chi connectivity index (χ0v) is 10.4. The first-order valence-corrected chi connectivity index (χ1v) is 6.31. The molecule has 2 aromatic carbocycles. The van der Waals surface area contributed by atoms with Crippen molar-refractivity contribution >= 4 is 11.6 Å². The van der Waals surface area contributed by atoms with Crippen molar-refractivity contribution in [2.75, 3.05) is 0 Å². The second-order valence-corrected chi connectivity index (χ2v) is 5.09. The summed E-state index contributed by atoms with van der Waals surface area (Å²) in [6.45, 7) is 0. The Bertz CT molecular complexity index is 565. The third-order valence-corrected chi connectivity index (χ3v) is 3.58. The third-order valence-electron chi connectivity index (χ3n) is 3.30. The van der Waals surface area contributed by atoms with Crippen LogP contribution in [0.2, 0.25) is 5.02 Å². The van der Waals surface area contributed by atoms with Crippen LogP contribution in [-0.2, 0) is 0 Å². The molecule has 0 aromatic heterocycles. The maximum atomic E-state index is 13.2. The predicted molar refractivity (Wildman–Crippen MR) is 70.5 cm³/mol. The first kappa shape index (κ1) is 11.5. The van der Waals surface area contributed by atoms with Crippen LogP contribution in [0.1, 0.15) is 24.3 Å². The molecule has 1 fully saturated rings. The summed E-state index contributed by atoms with van der Waals surface area (Å²) in [7, 11) is 0. The van der Waals surface area contributed by atoms with Crippen molar-refractivity contribution in [3.63, 3.8) is 0 Å². The molecule has 0 atom stereocenters. The highest BCUT2D eigenvalue weighted by molar-refractivity contribution is 6.31. The van der Waals surface area contributed by atoms with E-state index in [1.165, 1.54) is 30.5 Å². The molecule has 1 aliphatic rings. The summed E-state index contributed by atoms with van der Waals surface area (Å²) in [4.78, 5) is 0. The molecule has 1 N–H and O–H groups in total. The highest BCUT2D eigenvalue weighted by atomic mass is 35.5. The van der Waals surface area contributed by atoms with Gasteiger partial charge in [0.1, 0.15) is 0 Å². The van der Waals surface area contributed by atoms with Crippen molar-refractivity contribution in [1.82, 2.24) is 0 Å². The molecular weight excluding hydrogens is 251 g/mol. The quantitative estimate of drug-likeness (QED) is 0.830. The lowest BCUT2D eigenvalue weighted by atomic mass is 10.0. The molecule has 0 radical (unpaired) electrons. The molecule has 0 bridgehead atoms. The fourth-order valence-electron chi connectivity index (χ4n) is 2.11. The van der Waals surface area contributed by atoms with Crippen LogP contribution in [0.4, 0.5) is 4.39 Å². The molecule has 92 valence electrons. The molecule has 2 aromatic rings. The maximum Gasteiger partial charge on any atom is 0.183 e. The zero-order chi connectivity index (χ0) is 12.7. The number of phenols is 1. The molecule has 3 rings (SSSR count). The molecule has 18 heavy (non-hydrogen) atoms. The highest BCUT2D eigenvalue weighted by Crippen LogP contribution is 2.40.